The van der Waals surface area contributed by atoms with Crippen molar-refractivity contribution in [1.29, 1.82) is 0 Å². The molecule has 2 aromatic heterocycles. The molecular formula is C13H17N5O. The molecule has 0 unspecified atom stereocenters. The second-order valence-electron chi connectivity index (χ2n) is 5.07. The van der Waals surface area contributed by atoms with Gasteiger partial charge in [0.2, 0.25) is 11.9 Å². The number of anilines is 1. The van der Waals surface area contributed by atoms with Gasteiger partial charge in [-0.25, -0.2) is 9.97 Å². The molecule has 3 N–H and O–H groups in total. The Morgan fingerprint density at radius 3 is 3.11 bits per heavy atom. The van der Waals surface area contributed by atoms with Crippen molar-refractivity contribution >= 4 is 23.0 Å². The number of hydrogen-bond acceptors (Lipinski definition) is 4. The highest BCUT2D eigenvalue weighted by atomic mass is 16.1. The summed E-state index contributed by atoms with van der Waals surface area (Å²) in [5.41, 5.74) is 8.44. The quantitative estimate of drug-likeness (QED) is 0.857. The van der Waals surface area contributed by atoms with Gasteiger partial charge in [-0.15, -0.1) is 0 Å². The van der Waals surface area contributed by atoms with Gasteiger partial charge in [-0.05, 0) is 31.4 Å². The average molecular weight is 259 g/mol. The Kier molecular flexibility index (Phi) is 2.85. The summed E-state index contributed by atoms with van der Waals surface area (Å²) in [7, 11) is 0. The summed E-state index contributed by atoms with van der Waals surface area (Å²) in [4.78, 5) is 20.3. The summed E-state index contributed by atoms with van der Waals surface area (Å²) in [6.45, 7) is 2.47. The number of aryl methyl sites for hydroxylation is 2. The molecule has 6 nitrogen and oxygen atoms in total. The SMILES string of the molecule is Cc1cnc2c(c1)nc(N)n2CCC(=O)NC1CC1. The lowest BCUT2D eigenvalue weighted by atomic mass is 10.3. The molecule has 6 heteroatoms. The first kappa shape index (κ1) is 12.0. The van der Waals surface area contributed by atoms with E-state index in [1.165, 1.54) is 0 Å². The van der Waals surface area contributed by atoms with Crippen LogP contribution < -0.4 is 11.1 Å². The first-order valence-corrected chi connectivity index (χ1v) is 6.51. The van der Waals surface area contributed by atoms with Gasteiger partial charge in [-0.3, -0.25) is 9.36 Å². The van der Waals surface area contributed by atoms with Crippen molar-refractivity contribution in [3.63, 3.8) is 0 Å². The van der Waals surface area contributed by atoms with Crippen LogP contribution in [0, 0.1) is 6.92 Å². The minimum Gasteiger partial charge on any atom is -0.369 e. The molecule has 1 amide bonds. The molecule has 0 aliphatic heterocycles. The second kappa shape index (κ2) is 4.53. The molecule has 100 valence electrons. The first-order valence-electron chi connectivity index (χ1n) is 6.51. The minimum atomic E-state index is 0.0656. The molecule has 2 aromatic rings. The van der Waals surface area contributed by atoms with Crippen molar-refractivity contribution in [1.82, 2.24) is 19.9 Å². The van der Waals surface area contributed by atoms with Crippen LogP contribution in [-0.2, 0) is 11.3 Å². The van der Waals surface area contributed by atoms with Crippen LogP contribution in [0.2, 0.25) is 0 Å². The lowest BCUT2D eigenvalue weighted by molar-refractivity contribution is -0.121. The normalized spacial score (nSPS) is 14.8. The van der Waals surface area contributed by atoms with Crippen LogP contribution in [0.25, 0.3) is 11.2 Å². The van der Waals surface area contributed by atoms with E-state index in [1.54, 1.807) is 10.8 Å². The number of fused-ring (bicyclic) bond motifs is 1. The summed E-state index contributed by atoms with van der Waals surface area (Å²) in [6.07, 6.45) is 4.39. The van der Waals surface area contributed by atoms with E-state index in [2.05, 4.69) is 15.3 Å². The summed E-state index contributed by atoms with van der Waals surface area (Å²) >= 11 is 0. The Hall–Kier alpha value is -2.11. The molecule has 0 bridgehead atoms. The van der Waals surface area contributed by atoms with E-state index >= 15 is 0 Å². The standard InChI is InChI=1S/C13H17N5O/c1-8-6-10-12(15-7-8)18(13(14)17-10)5-4-11(19)16-9-2-3-9/h6-7,9H,2-5H2,1H3,(H2,14,17)(H,16,19). The number of nitrogens with two attached hydrogens (primary N) is 1. The van der Waals surface area contributed by atoms with Crippen molar-refractivity contribution in [2.75, 3.05) is 5.73 Å². The molecule has 1 aliphatic carbocycles. The smallest absolute Gasteiger partial charge is 0.222 e. The summed E-state index contributed by atoms with van der Waals surface area (Å²) in [6, 6.07) is 2.34. The van der Waals surface area contributed by atoms with E-state index in [9.17, 15) is 4.79 Å². The number of imidazole rings is 1. The number of carbonyl (C=O) groups excluding carboxylic acids is 1. The lowest BCUT2D eigenvalue weighted by Gasteiger charge is -2.06. The van der Waals surface area contributed by atoms with Gasteiger partial charge in [0.25, 0.3) is 0 Å². The van der Waals surface area contributed by atoms with Gasteiger partial charge in [0, 0.05) is 25.2 Å². The maximum atomic E-state index is 11.7. The number of aromatic nitrogens is 3. The Morgan fingerprint density at radius 1 is 1.58 bits per heavy atom. The van der Waals surface area contributed by atoms with Gasteiger partial charge >= 0.3 is 0 Å². The number of nitrogens with one attached hydrogen (secondary N) is 1. The number of nitrogens with zero attached hydrogens (tertiary/aromatic N) is 3. The summed E-state index contributed by atoms with van der Waals surface area (Å²) in [5.74, 6) is 0.475. The third kappa shape index (κ3) is 2.52. The van der Waals surface area contributed by atoms with Crippen molar-refractivity contribution in [2.45, 2.75) is 38.8 Å². The van der Waals surface area contributed by atoms with Crippen molar-refractivity contribution in [3.05, 3.63) is 17.8 Å². The fourth-order valence-electron chi connectivity index (χ4n) is 2.09. The average Bonchev–Trinajstić information content (AvgIpc) is 3.10. The highest BCUT2D eigenvalue weighted by Gasteiger charge is 2.23. The fraction of sp³-hybridized carbons (Fsp3) is 0.462. The zero-order valence-electron chi connectivity index (χ0n) is 10.9. The number of pyridine rings is 1. The van der Waals surface area contributed by atoms with Crippen molar-refractivity contribution < 1.29 is 4.79 Å². The molecule has 3 rings (SSSR count). The van der Waals surface area contributed by atoms with E-state index in [-0.39, 0.29) is 5.91 Å². The topological polar surface area (TPSA) is 85.8 Å². The highest BCUT2D eigenvalue weighted by Crippen LogP contribution is 2.19. The van der Waals surface area contributed by atoms with Crippen molar-refractivity contribution in [3.8, 4) is 0 Å². The number of carbonyl (C=O) groups is 1. The summed E-state index contributed by atoms with van der Waals surface area (Å²) in [5, 5.41) is 2.96. The molecule has 19 heavy (non-hydrogen) atoms. The Bertz CT molecular complexity index is 629. The minimum absolute atomic E-state index is 0.0656. The predicted octanol–water partition coefficient (Wildman–Crippen LogP) is 0.991. The number of nitrogen functional groups attached to an aromatic ring is 1. The van der Waals surface area contributed by atoms with Crippen LogP contribution in [-0.4, -0.2) is 26.5 Å². The van der Waals surface area contributed by atoms with Gasteiger partial charge in [0.15, 0.2) is 5.65 Å². The largest absolute Gasteiger partial charge is 0.369 e. The Balaban J connectivity index is 1.76. The zero-order chi connectivity index (χ0) is 13.4. The molecule has 0 aromatic carbocycles. The van der Waals surface area contributed by atoms with E-state index in [4.69, 9.17) is 5.73 Å². The number of hydrogen-bond donors (Lipinski definition) is 2. The van der Waals surface area contributed by atoms with Gasteiger partial charge < -0.3 is 11.1 Å². The maximum absolute atomic E-state index is 11.7. The molecule has 0 saturated heterocycles. The highest BCUT2D eigenvalue weighted by molar-refractivity contribution is 5.78. The van der Waals surface area contributed by atoms with Gasteiger partial charge in [0.1, 0.15) is 5.52 Å². The third-order valence-corrected chi connectivity index (χ3v) is 3.26. The molecule has 1 aliphatic rings. The molecule has 0 atom stereocenters. The van der Waals surface area contributed by atoms with Crippen LogP contribution in [0.4, 0.5) is 5.95 Å². The molecule has 0 radical (unpaired) electrons. The van der Waals surface area contributed by atoms with E-state index in [1.807, 2.05) is 13.0 Å². The molecular weight excluding hydrogens is 242 g/mol. The van der Waals surface area contributed by atoms with Crippen LogP contribution in [0.3, 0.4) is 0 Å². The number of amides is 1. The molecule has 2 heterocycles. The summed E-state index contributed by atoms with van der Waals surface area (Å²) < 4.78 is 1.79. The van der Waals surface area contributed by atoms with Gasteiger partial charge in [-0.2, -0.15) is 0 Å². The van der Waals surface area contributed by atoms with Crippen LogP contribution >= 0.6 is 0 Å². The lowest BCUT2D eigenvalue weighted by Crippen LogP contribution is -2.26. The first-order chi connectivity index (χ1) is 9.13. The Morgan fingerprint density at radius 2 is 2.37 bits per heavy atom. The van der Waals surface area contributed by atoms with Gasteiger partial charge in [-0.1, -0.05) is 0 Å². The van der Waals surface area contributed by atoms with Gasteiger partial charge in [0.05, 0.1) is 0 Å². The third-order valence-electron chi connectivity index (χ3n) is 3.26. The van der Waals surface area contributed by atoms with Crippen LogP contribution in [0.1, 0.15) is 24.8 Å². The van der Waals surface area contributed by atoms with Crippen LogP contribution in [0.5, 0.6) is 0 Å². The second-order valence-corrected chi connectivity index (χ2v) is 5.07. The number of rotatable bonds is 4. The fourth-order valence-corrected chi connectivity index (χ4v) is 2.09. The molecule has 1 fully saturated rings. The zero-order valence-corrected chi connectivity index (χ0v) is 10.9. The van der Waals surface area contributed by atoms with E-state index < -0.39 is 0 Å². The maximum Gasteiger partial charge on any atom is 0.222 e. The predicted molar refractivity (Wildman–Crippen MR) is 72.5 cm³/mol. The van der Waals surface area contributed by atoms with Crippen molar-refractivity contribution in [2.24, 2.45) is 0 Å². The Labute approximate surface area is 111 Å². The molecule has 1 saturated carbocycles. The van der Waals surface area contributed by atoms with Crippen LogP contribution in [0.15, 0.2) is 12.3 Å². The molecule has 0 spiro atoms. The van der Waals surface area contributed by atoms with E-state index in [0.717, 1.165) is 29.6 Å². The monoisotopic (exact) mass is 259 g/mol. The van der Waals surface area contributed by atoms with E-state index in [0.29, 0.717) is 25.0 Å².